The maximum Gasteiger partial charge on any atom is 0.262 e. The van der Waals surface area contributed by atoms with E-state index >= 15 is 0 Å². The summed E-state index contributed by atoms with van der Waals surface area (Å²) in [7, 11) is 0. The second kappa shape index (κ2) is 5.38. The van der Waals surface area contributed by atoms with Crippen LogP contribution in [-0.4, -0.2) is 23.3 Å². The van der Waals surface area contributed by atoms with E-state index in [9.17, 15) is 9.59 Å². The molecule has 1 aromatic rings. The van der Waals surface area contributed by atoms with Gasteiger partial charge in [-0.25, -0.2) is 0 Å². The van der Waals surface area contributed by atoms with E-state index in [-0.39, 0.29) is 11.8 Å². The lowest BCUT2D eigenvalue weighted by molar-refractivity contribution is 0.0650. The van der Waals surface area contributed by atoms with Gasteiger partial charge in [0.15, 0.2) is 0 Å². The Labute approximate surface area is 121 Å². The van der Waals surface area contributed by atoms with E-state index in [2.05, 4.69) is 36.4 Å². The van der Waals surface area contributed by atoms with E-state index in [4.69, 9.17) is 0 Å². The number of halogens is 1. The third-order valence-electron chi connectivity index (χ3n) is 3.11. The molecule has 2 amide bonds. The molecule has 0 aromatic heterocycles. The number of hydrogen-bond donors (Lipinski definition) is 0. The van der Waals surface area contributed by atoms with Crippen molar-refractivity contribution in [3.8, 4) is 0 Å². The van der Waals surface area contributed by atoms with Crippen molar-refractivity contribution in [2.24, 2.45) is 5.92 Å². The van der Waals surface area contributed by atoms with Crippen molar-refractivity contribution in [1.82, 2.24) is 4.90 Å². The van der Waals surface area contributed by atoms with Gasteiger partial charge < -0.3 is 0 Å². The summed E-state index contributed by atoms with van der Waals surface area (Å²) in [5.74, 6) is 0.321. The Bertz CT molecular complexity index is 497. The van der Waals surface area contributed by atoms with Gasteiger partial charge >= 0.3 is 0 Å². The number of rotatable bonds is 4. The van der Waals surface area contributed by atoms with Crippen LogP contribution in [0.4, 0.5) is 0 Å². The Morgan fingerprint density at radius 3 is 2.56 bits per heavy atom. The first-order valence-corrected chi connectivity index (χ1v) is 7.25. The SMILES string of the molecule is CC(C)CCCN1C(=O)c2cccc(I)c2C1=O. The fourth-order valence-corrected chi connectivity index (χ4v) is 2.88. The third-order valence-corrected chi connectivity index (χ3v) is 4.01. The van der Waals surface area contributed by atoms with Crippen molar-refractivity contribution in [2.75, 3.05) is 6.54 Å². The molecule has 0 saturated heterocycles. The number of amides is 2. The normalized spacial score (nSPS) is 14.6. The number of fused-ring (bicyclic) bond motifs is 1. The molecule has 0 atom stereocenters. The highest BCUT2D eigenvalue weighted by Crippen LogP contribution is 2.27. The second-order valence-electron chi connectivity index (χ2n) is 4.96. The van der Waals surface area contributed by atoms with Gasteiger partial charge in [-0.2, -0.15) is 0 Å². The minimum Gasteiger partial charge on any atom is -0.274 e. The standard InChI is InChI=1S/C14H16INO2/c1-9(2)5-4-8-16-13(17)10-6-3-7-11(15)12(10)14(16)18/h3,6-7,9H,4-5,8H2,1-2H3. The fourth-order valence-electron chi connectivity index (χ4n) is 2.15. The van der Waals surface area contributed by atoms with Gasteiger partial charge in [0.05, 0.1) is 11.1 Å². The van der Waals surface area contributed by atoms with Crippen LogP contribution in [-0.2, 0) is 0 Å². The monoisotopic (exact) mass is 357 g/mol. The number of benzene rings is 1. The lowest BCUT2D eigenvalue weighted by atomic mass is 10.1. The summed E-state index contributed by atoms with van der Waals surface area (Å²) in [5, 5.41) is 0. The molecule has 0 saturated carbocycles. The van der Waals surface area contributed by atoms with Crippen LogP contribution in [0.25, 0.3) is 0 Å². The van der Waals surface area contributed by atoms with E-state index < -0.39 is 0 Å². The predicted octanol–water partition coefficient (Wildman–Crippen LogP) is 3.32. The minimum atomic E-state index is -0.141. The molecule has 0 fully saturated rings. The van der Waals surface area contributed by atoms with Crippen LogP contribution in [0.15, 0.2) is 18.2 Å². The molecule has 1 aliphatic heterocycles. The molecule has 4 heteroatoms. The van der Waals surface area contributed by atoms with E-state index in [0.717, 1.165) is 16.4 Å². The van der Waals surface area contributed by atoms with Gasteiger partial charge in [-0.3, -0.25) is 14.5 Å². The summed E-state index contributed by atoms with van der Waals surface area (Å²) < 4.78 is 0.856. The molecule has 3 nitrogen and oxygen atoms in total. The third kappa shape index (κ3) is 2.43. The number of carbonyl (C=O) groups excluding carboxylic acids is 2. The van der Waals surface area contributed by atoms with E-state index in [1.807, 2.05) is 12.1 Å². The van der Waals surface area contributed by atoms with E-state index in [0.29, 0.717) is 23.6 Å². The summed E-state index contributed by atoms with van der Waals surface area (Å²) in [5.41, 5.74) is 1.13. The molecule has 2 rings (SSSR count). The summed E-state index contributed by atoms with van der Waals surface area (Å²) in [6.45, 7) is 4.82. The molecule has 18 heavy (non-hydrogen) atoms. The average Bonchev–Trinajstić information content (AvgIpc) is 2.55. The Morgan fingerprint density at radius 1 is 1.22 bits per heavy atom. The van der Waals surface area contributed by atoms with Crippen LogP contribution >= 0.6 is 22.6 Å². The Kier molecular flexibility index (Phi) is 4.04. The zero-order valence-electron chi connectivity index (χ0n) is 10.6. The largest absolute Gasteiger partial charge is 0.274 e. The van der Waals surface area contributed by atoms with Gasteiger partial charge in [0.25, 0.3) is 11.8 Å². The highest BCUT2D eigenvalue weighted by atomic mass is 127. The molecule has 0 N–H and O–H groups in total. The van der Waals surface area contributed by atoms with Crippen molar-refractivity contribution in [2.45, 2.75) is 26.7 Å². The first-order valence-electron chi connectivity index (χ1n) is 6.17. The Morgan fingerprint density at radius 2 is 1.94 bits per heavy atom. The minimum absolute atomic E-state index is 0.135. The highest BCUT2D eigenvalue weighted by molar-refractivity contribution is 14.1. The summed E-state index contributed by atoms with van der Waals surface area (Å²) in [6.07, 6.45) is 1.91. The lowest BCUT2D eigenvalue weighted by Gasteiger charge is -2.14. The Balaban J connectivity index is 2.16. The number of hydrogen-bond acceptors (Lipinski definition) is 2. The summed E-state index contributed by atoms with van der Waals surface area (Å²) in [6, 6.07) is 5.42. The molecular formula is C14H16INO2. The molecule has 0 unspecified atom stereocenters. The average molecular weight is 357 g/mol. The first-order chi connectivity index (χ1) is 8.52. The summed E-state index contributed by atoms with van der Waals surface area (Å²) >= 11 is 2.11. The van der Waals surface area contributed by atoms with Crippen LogP contribution < -0.4 is 0 Å². The van der Waals surface area contributed by atoms with Crippen LogP contribution in [0.2, 0.25) is 0 Å². The van der Waals surface area contributed by atoms with Crippen LogP contribution in [0, 0.1) is 9.49 Å². The molecule has 0 spiro atoms. The molecule has 0 bridgehead atoms. The van der Waals surface area contributed by atoms with Crippen LogP contribution in [0.5, 0.6) is 0 Å². The Hall–Kier alpha value is -0.910. The van der Waals surface area contributed by atoms with Gasteiger partial charge in [-0.05, 0) is 53.5 Å². The molecule has 1 heterocycles. The fraction of sp³-hybridized carbons (Fsp3) is 0.429. The first kappa shape index (κ1) is 13.5. The zero-order valence-corrected chi connectivity index (χ0v) is 12.7. The molecule has 96 valence electrons. The molecular weight excluding hydrogens is 341 g/mol. The van der Waals surface area contributed by atoms with E-state index in [1.165, 1.54) is 4.90 Å². The van der Waals surface area contributed by atoms with Gasteiger partial charge in [0.1, 0.15) is 0 Å². The molecule has 0 radical (unpaired) electrons. The smallest absolute Gasteiger partial charge is 0.262 e. The molecule has 1 aromatic carbocycles. The quantitative estimate of drug-likeness (QED) is 0.612. The van der Waals surface area contributed by atoms with E-state index in [1.54, 1.807) is 6.07 Å². The van der Waals surface area contributed by atoms with Crippen molar-refractivity contribution in [3.63, 3.8) is 0 Å². The zero-order chi connectivity index (χ0) is 13.3. The maximum absolute atomic E-state index is 12.2. The van der Waals surface area contributed by atoms with Crippen LogP contribution in [0.3, 0.4) is 0 Å². The van der Waals surface area contributed by atoms with Crippen LogP contribution in [0.1, 0.15) is 47.4 Å². The van der Waals surface area contributed by atoms with Gasteiger partial charge in [-0.1, -0.05) is 19.9 Å². The predicted molar refractivity (Wildman–Crippen MR) is 78.6 cm³/mol. The summed E-state index contributed by atoms with van der Waals surface area (Å²) in [4.78, 5) is 25.7. The maximum atomic E-state index is 12.2. The lowest BCUT2D eigenvalue weighted by Crippen LogP contribution is -2.31. The molecule has 0 aliphatic carbocycles. The molecule has 1 aliphatic rings. The number of imide groups is 1. The topological polar surface area (TPSA) is 37.4 Å². The van der Waals surface area contributed by atoms with Gasteiger partial charge in [0, 0.05) is 10.1 Å². The highest BCUT2D eigenvalue weighted by Gasteiger charge is 2.36. The van der Waals surface area contributed by atoms with Crippen molar-refractivity contribution < 1.29 is 9.59 Å². The van der Waals surface area contributed by atoms with Crippen molar-refractivity contribution in [1.29, 1.82) is 0 Å². The van der Waals surface area contributed by atoms with Crippen molar-refractivity contribution >= 4 is 34.4 Å². The number of nitrogens with zero attached hydrogens (tertiary/aromatic N) is 1. The van der Waals surface area contributed by atoms with Crippen molar-refractivity contribution in [3.05, 3.63) is 32.9 Å². The second-order valence-corrected chi connectivity index (χ2v) is 6.12. The number of carbonyl (C=O) groups is 2. The van der Waals surface area contributed by atoms with Gasteiger partial charge in [0.2, 0.25) is 0 Å². The van der Waals surface area contributed by atoms with Gasteiger partial charge in [-0.15, -0.1) is 0 Å².